The van der Waals surface area contributed by atoms with Gasteiger partial charge < -0.3 is 14.8 Å². The van der Waals surface area contributed by atoms with E-state index in [1.165, 1.54) is 0 Å². The molecule has 148 valence electrons. The molecule has 0 fully saturated rings. The molecule has 3 aromatic rings. The van der Waals surface area contributed by atoms with Crippen molar-refractivity contribution >= 4 is 23.3 Å². The molecule has 1 amide bonds. The molecule has 6 nitrogen and oxygen atoms in total. The molecule has 1 aliphatic rings. The number of nitrogens with zero attached hydrogens (tertiary/aromatic N) is 1. The second kappa shape index (κ2) is 8.01. The summed E-state index contributed by atoms with van der Waals surface area (Å²) in [5.74, 6) is 1.52. The van der Waals surface area contributed by atoms with Gasteiger partial charge in [0.15, 0.2) is 17.3 Å². The SMILES string of the molecule is C=CCOc1ccc([C@@H]2CC(=O)Nc3n[nH]c(-c4ccc(Cl)cc4)c32)cc1OC. The number of anilines is 1. The number of hydrogen-bond donors (Lipinski definition) is 2. The molecule has 0 saturated heterocycles. The lowest BCUT2D eigenvalue weighted by Crippen LogP contribution is -2.23. The molecule has 0 aliphatic carbocycles. The third-order valence-corrected chi connectivity index (χ3v) is 5.13. The Labute approximate surface area is 173 Å². The van der Waals surface area contributed by atoms with Crippen LogP contribution in [-0.2, 0) is 4.79 Å². The van der Waals surface area contributed by atoms with Crippen LogP contribution in [0.1, 0.15) is 23.5 Å². The summed E-state index contributed by atoms with van der Waals surface area (Å²) in [6, 6.07) is 13.2. The van der Waals surface area contributed by atoms with E-state index in [1.54, 1.807) is 13.2 Å². The molecule has 0 bridgehead atoms. The van der Waals surface area contributed by atoms with Crippen molar-refractivity contribution < 1.29 is 14.3 Å². The van der Waals surface area contributed by atoms with E-state index in [9.17, 15) is 4.79 Å². The number of methoxy groups -OCH3 is 1. The van der Waals surface area contributed by atoms with Crippen molar-refractivity contribution in [3.05, 3.63) is 71.3 Å². The van der Waals surface area contributed by atoms with Crippen LogP contribution in [0.2, 0.25) is 5.02 Å². The van der Waals surface area contributed by atoms with Crippen molar-refractivity contribution in [3.63, 3.8) is 0 Å². The summed E-state index contributed by atoms with van der Waals surface area (Å²) in [6.45, 7) is 4.05. The number of carbonyl (C=O) groups excluding carboxylic acids is 1. The van der Waals surface area contributed by atoms with Gasteiger partial charge in [0, 0.05) is 28.5 Å². The van der Waals surface area contributed by atoms with E-state index in [2.05, 4.69) is 22.1 Å². The van der Waals surface area contributed by atoms with Gasteiger partial charge in [0.05, 0.1) is 12.8 Å². The first-order valence-corrected chi connectivity index (χ1v) is 9.54. The van der Waals surface area contributed by atoms with E-state index in [0.717, 1.165) is 22.4 Å². The molecule has 4 rings (SSSR count). The second-order valence-electron chi connectivity index (χ2n) is 6.68. The molecule has 29 heavy (non-hydrogen) atoms. The third-order valence-electron chi connectivity index (χ3n) is 4.88. The number of aromatic amines is 1. The van der Waals surface area contributed by atoms with Crippen molar-refractivity contribution in [3.8, 4) is 22.8 Å². The summed E-state index contributed by atoms with van der Waals surface area (Å²) < 4.78 is 11.1. The van der Waals surface area contributed by atoms with Gasteiger partial charge in [-0.05, 0) is 29.8 Å². The van der Waals surface area contributed by atoms with E-state index in [1.807, 2.05) is 42.5 Å². The number of H-pyrrole nitrogens is 1. The fourth-order valence-corrected chi connectivity index (χ4v) is 3.67. The van der Waals surface area contributed by atoms with Crippen LogP contribution in [-0.4, -0.2) is 29.8 Å². The number of fused-ring (bicyclic) bond motifs is 1. The first-order valence-electron chi connectivity index (χ1n) is 9.16. The first kappa shape index (κ1) is 19.1. The molecule has 2 N–H and O–H groups in total. The fourth-order valence-electron chi connectivity index (χ4n) is 3.55. The van der Waals surface area contributed by atoms with Gasteiger partial charge in [0.25, 0.3) is 0 Å². The van der Waals surface area contributed by atoms with Gasteiger partial charge in [-0.25, -0.2) is 0 Å². The van der Waals surface area contributed by atoms with Crippen LogP contribution in [0.15, 0.2) is 55.1 Å². The average Bonchev–Trinajstić information content (AvgIpc) is 3.15. The minimum atomic E-state index is -0.175. The van der Waals surface area contributed by atoms with Gasteiger partial charge in [-0.15, -0.1) is 0 Å². The van der Waals surface area contributed by atoms with Crippen LogP contribution in [0.3, 0.4) is 0 Å². The summed E-state index contributed by atoms with van der Waals surface area (Å²) in [6.07, 6.45) is 1.98. The highest BCUT2D eigenvalue weighted by Gasteiger charge is 2.32. The topological polar surface area (TPSA) is 76.2 Å². The van der Waals surface area contributed by atoms with Crippen molar-refractivity contribution in [1.29, 1.82) is 0 Å². The zero-order chi connectivity index (χ0) is 20.4. The number of amides is 1. The number of carbonyl (C=O) groups is 1. The Hall–Kier alpha value is -3.25. The van der Waals surface area contributed by atoms with Crippen molar-refractivity contribution in [1.82, 2.24) is 10.2 Å². The van der Waals surface area contributed by atoms with Crippen LogP contribution in [0.4, 0.5) is 5.82 Å². The van der Waals surface area contributed by atoms with Crippen molar-refractivity contribution in [2.45, 2.75) is 12.3 Å². The number of hydrogen-bond acceptors (Lipinski definition) is 4. The summed E-state index contributed by atoms with van der Waals surface area (Å²) in [7, 11) is 1.59. The number of rotatable bonds is 6. The van der Waals surface area contributed by atoms with Gasteiger partial charge in [0.2, 0.25) is 5.91 Å². The van der Waals surface area contributed by atoms with Crippen LogP contribution in [0.25, 0.3) is 11.3 Å². The Morgan fingerprint density at radius 2 is 2.03 bits per heavy atom. The van der Waals surface area contributed by atoms with Crippen molar-refractivity contribution in [2.75, 3.05) is 19.0 Å². The minimum Gasteiger partial charge on any atom is -0.493 e. The van der Waals surface area contributed by atoms with E-state index in [-0.39, 0.29) is 11.8 Å². The van der Waals surface area contributed by atoms with Gasteiger partial charge in [-0.1, -0.05) is 42.5 Å². The third kappa shape index (κ3) is 3.71. The predicted octanol–water partition coefficient (Wildman–Crippen LogP) is 4.78. The smallest absolute Gasteiger partial charge is 0.226 e. The maximum absolute atomic E-state index is 12.3. The summed E-state index contributed by atoms with van der Waals surface area (Å²) in [4.78, 5) is 12.3. The molecule has 2 heterocycles. The molecule has 1 aromatic heterocycles. The van der Waals surface area contributed by atoms with Crippen LogP contribution < -0.4 is 14.8 Å². The maximum Gasteiger partial charge on any atom is 0.226 e. The minimum absolute atomic E-state index is 0.0809. The molecule has 0 radical (unpaired) electrons. The monoisotopic (exact) mass is 409 g/mol. The zero-order valence-electron chi connectivity index (χ0n) is 15.9. The van der Waals surface area contributed by atoms with Crippen LogP contribution in [0.5, 0.6) is 11.5 Å². The molecule has 1 aliphatic heterocycles. The molecule has 2 aromatic carbocycles. The van der Waals surface area contributed by atoms with E-state index < -0.39 is 0 Å². The van der Waals surface area contributed by atoms with E-state index in [0.29, 0.717) is 35.4 Å². The number of nitrogens with one attached hydrogen (secondary N) is 2. The summed E-state index contributed by atoms with van der Waals surface area (Å²) in [5, 5.41) is 10.9. The van der Waals surface area contributed by atoms with Gasteiger partial charge in [-0.3, -0.25) is 9.89 Å². The van der Waals surface area contributed by atoms with Gasteiger partial charge in [0.1, 0.15) is 6.61 Å². The largest absolute Gasteiger partial charge is 0.493 e. The predicted molar refractivity (Wildman–Crippen MR) is 113 cm³/mol. The molecule has 0 saturated carbocycles. The lowest BCUT2D eigenvalue weighted by molar-refractivity contribution is -0.116. The van der Waals surface area contributed by atoms with Gasteiger partial charge in [-0.2, -0.15) is 5.10 Å². The lowest BCUT2D eigenvalue weighted by atomic mass is 9.84. The highest BCUT2D eigenvalue weighted by molar-refractivity contribution is 6.30. The van der Waals surface area contributed by atoms with Crippen LogP contribution >= 0.6 is 11.6 Å². The molecular weight excluding hydrogens is 390 g/mol. The number of halogens is 1. The number of aromatic nitrogens is 2. The molecular formula is C22H20ClN3O3. The summed E-state index contributed by atoms with van der Waals surface area (Å²) in [5.41, 5.74) is 3.68. The Bertz CT molecular complexity index is 1060. The average molecular weight is 410 g/mol. The zero-order valence-corrected chi connectivity index (χ0v) is 16.6. The number of ether oxygens (including phenoxy) is 2. The molecule has 0 unspecified atom stereocenters. The summed E-state index contributed by atoms with van der Waals surface area (Å²) >= 11 is 6.03. The van der Waals surface area contributed by atoms with E-state index in [4.69, 9.17) is 21.1 Å². The standard InChI is InChI=1S/C22H20ClN3O3/c1-3-10-29-17-9-6-14(11-18(17)28-2)16-12-19(27)24-22-20(16)21(25-26-22)13-4-7-15(23)8-5-13/h3-9,11,16H,1,10,12H2,2H3,(H2,24,25,26,27)/t16-/m0/s1. The number of benzene rings is 2. The van der Waals surface area contributed by atoms with Crippen LogP contribution in [0, 0.1) is 0 Å². The maximum atomic E-state index is 12.3. The Kier molecular flexibility index (Phi) is 5.27. The molecule has 1 atom stereocenters. The normalized spacial score (nSPS) is 15.4. The van der Waals surface area contributed by atoms with E-state index >= 15 is 0 Å². The molecule has 7 heteroatoms. The highest BCUT2D eigenvalue weighted by Crippen LogP contribution is 2.43. The fraction of sp³-hybridized carbons (Fsp3) is 0.182. The highest BCUT2D eigenvalue weighted by atomic mass is 35.5. The molecule has 0 spiro atoms. The Morgan fingerprint density at radius 1 is 1.24 bits per heavy atom. The second-order valence-corrected chi connectivity index (χ2v) is 7.12. The Balaban J connectivity index is 1.78. The lowest BCUT2D eigenvalue weighted by Gasteiger charge is -2.24. The first-order chi connectivity index (χ1) is 14.1. The quantitative estimate of drug-likeness (QED) is 0.574. The van der Waals surface area contributed by atoms with Crippen molar-refractivity contribution in [2.24, 2.45) is 0 Å². The Morgan fingerprint density at radius 3 is 2.76 bits per heavy atom. The van der Waals surface area contributed by atoms with Gasteiger partial charge >= 0.3 is 0 Å².